The molecule has 0 N–H and O–H groups in total. The van der Waals surface area contributed by atoms with Gasteiger partial charge < -0.3 is 14.7 Å². The zero-order valence-corrected chi connectivity index (χ0v) is 23.3. The van der Waals surface area contributed by atoms with Crippen molar-refractivity contribution in [2.75, 3.05) is 62.2 Å². The van der Waals surface area contributed by atoms with Crippen LogP contribution in [-0.2, 0) is 6.54 Å². The van der Waals surface area contributed by atoms with Crippen molar-refractivity contribution in [1.82, 2.24) is 9.80 Å². The third-order valence-electron chi connectivity index (χ3n) is 8.09. The van der Waals surface area contributed by atoms with Crippen LogP contribution < -0.4 is 9.80 Å². The molecule has 3 aromatic carbocycles. The molecule has 2 aliphatic heterocycles. The number of piperazine rings is 2. The summed E-state index contributed by atoms with van der Waals surface area (Å²) in [7, 11) is 0. The highest BCUT2D eigenvalue weighted by molar-refractivity contribution is 5.96. The van der Waals surface area contributed by atoms with Crippen molar-refractivity contribution in [3.05, 3.63) is 93.5 Å². The first-order chi connectivity index (χ1) is 19.8. The molecule has 0 bridgehead atoms. The molecule has 2 fully saturated rings. The van der Waals surface area contributed by atoms with Gasteiger partial charge in [-0.05, 0) is 73.0 Å². The van der Waals surface area contributed by atoms with Crippen molar-refractivity contribution in [3.63, 3.8) is 0 Å². The van der Waals surface area contributed by atoms with Gasteiger partial charge in [0.1, 0.15) is 23.8 Å². The van der Waals surface area contributed by atoms with E-state index in [2.05, 4.69) is 34.9 Å². The lowest BCUT2D eigenvalue weighted by Crippen LogP contribution is -2.49. The largest absolute Gasteiger partial charge is 0.368 e. The second-order valence-corrected chi connectivity index (χ2v) is 10.7. The van der Waals surface area contributed by atoms with E-state index in [1.165, 1.54) is 24.3 Å². The van der Waals surface area contributed by atoms with Gasteiger partial charge in [-0.3, -0.25) is 9.69 Å². The van der Waals surface area contributed by atoms with Crippen LogP contribution in [0.25, 0.3) is 0 Å². The third kappa shape index (κ3) is 6.01. The van der Waals surface area contributed by atoms with E-state index < -0.39 is 11.6 Å². The Labute approximate surface area is 239 Å². The van der Waals surface area contributed by atoms with E-state index in [-0.39, 0.29) is 5.91 Å². The predicted molar refractivity (Wildman–Crippen MR) is 154 cm³/mol. The minimum atomic E-state index is -0.437. The van der Waals surface area contributed by atoms with Gasteiger partial charge in [-0.1, -0.05) is 6.07 Å². The van der Waals surface area contributed by atoms with E-state index in [1.54, 1.807) is 12.1 Å². The molecule has 0 atom stereocenters. The number of anilines is 2. The lowest BCUT2D eigenvalue weighted by atomic mass is 9.98. The SMILES string of the molecule is Cc1cc(C)c(C(=O)N2CCN(c3ccc(F)cc3C#N)CC2)cc1CN1CCN(c2ccc(F)cc2C#N)CC1. The molecule has 3 aromatic rings. The van der Waals surface area contributed by atoms with Crippen LogP contribution in [0.2, 0.25) is 0 Å². The van der Waals surface area contributed by atoms with Crippen LogP contribution in [-0.4, -0.2) is 68.1 Å². The molecule has 7 nitrogen and oxygen atoms in total. The summed E-state index contributed by atoms with van der Waals surface area (Å²) in [5.74, 6) is -0.854. The van der Waals surface area contributed by atoms with Gasteiger partial charge in [0.05, 0.1) is 22.5 Å². The number of nitrogens with zero attached hydrogens (tertiary/aromatic N) is 6. The standard InChI is InChI=1S/C32H32F2N6O/c1-22-15-23(2)29(32(41)40-13-11-39(12-14-40)31-6-4-28(34)17-25(31)20-36)18-26(22)21-37-7-9-38(10-8-37)30-5-3-27(33)16-24(30)19-35/h3-6,15-18H,7-14,21H2,1-2H3. The number of benzene rings is 3. The molecule has 0 radical (unpaired) electrons. The molecule has 1 amide bonds. The van der Waals surface area contributed by atoms with Crippen LogP contribution in [0.15, 0.2) is 48.5 Å². The van der Waals surface area contributed by atoms with Crippen LogP contribution >= 0.6 is 0 Å². The Morgan fingerprint density at radius 1 is 0.732 bits per heavy atom. The first kappa shape index (κ1) is 28.1. The van der Waals surface area contributed by atoms with Crippen LogP contribution in [0, 0.1) is 48.1 Å². The number of amides is 1. The maximum Gasteiger partial charge on any atom is 0.254 e. The Hall–Kier alpha value is -4.47. The average Bonchev–Trinajstić information content (AvgIpc) is 2.98. The van der Waals surface area contributed by atoms with Gasteiger partial charge in [0.25, 0.3) is 5.91 Å². The smallest absolute Gasteiger partial charge is 0.254 e. The van der Waals surface area contributed by atoms with E-state index in [0.29, 0.717) is 55.1 Å². The minimum Gasteiger partial charge on any atom is -0.368 e. The lowest BCUT2D eigenvalue weighted by Gasteiger charge is -2.37. The minimum absolute atomic E-state index is 0.00632. The molecule has 41 heavy (non-hydrogen) atoms. The molecule has 5 rings (SSSR count). The fourth-order valence-corrected chi connectivity index (χ4v) is 5.75. The van der Waals surface area contributed by atoms with Gasteiger partial charge >= 0.3 is 0 Å². The second kappa shape index (κ2) is 12.0. The first-order valence-electron chi connectivity index (χ1n) is 13.8. The van der Waals surface area contributed by atoms with E-state index in [4.69, 9.17) is 0 Å². The second-order valence-electron chi connectivity index (χ2n) is 10.7. The number of halogens is 2. The summed E-state index contributed by atoms with van der Waals surface area (Å²) in [6.45, 7) is 9.93. The predicted octanol–water partition coefficient (Wildman–Crippen LogP) is 4.61. The Bertz CT molecular complexity index is 1540. The molecule has 210 valence electrons. The lowest BCUT2D eigenvalue weighted by molar-refractivity contribution is 0.0746. The van der Waals surface area contributed by atoms with Crippen LogP contribution in [0.1, 0.15) is 38.2 Å². The molecule has 0 aromatic heterocycles. The van der Waals surface area contributed by atoms with E-state index in [9.17, 15) is 24.1 Å². The van der Waals surface area contributed by atoms with Crippen LogP contribution in [0.5, 0.6) is 0 Å². The molecule has 0 unspecified atom stereocenters. The van der Waals surface area contributed by atoms with Gasteiger partial charge in [0, 0.05) is 64.5 Å². The molecule has 0 saturated carbocycles. The number of hydrogen-bond donors (Lipinski definition) is 0. The number of carbonyl (C=O) groups excluding carboxylic acids is 1. The summed E-state index contributed by atoms with van der Waals surface area (Å²) in [5, 5.41) is 18.8. The topological polar surface area (TPSA) is 77.6 Å². The van der Waals surface area contributed by atoms with Gasteiger partial charge in [0.2, 0.25) is 0 Å². The normalized spacial score (nSPS) is 15.9. The van der Waals surface area contributed by atoms with Crippen molar-refractivity contribution in [1.29, 1.82) is 10.5 Å². The molecule has 0 spiro atoms. The Kier molecular flexibility index (Phi) is 8.19. The van der Waals surface area contributed by atoms with E-state index >= 15 is 0 Å². The highest BCUT2D eigenvalue weighted by Crippen LogP contribution is 2.26. The Morgan fingerprint density at radius 3 is 1.76 bits per heavy atom. The molecule has 2 saturated heterocycles. The van der Waals surface area contributed by atoms with Gasteiger partial charge in [-0.25, -0.2) is 8.78 Å². The van der Waals surface area contributed by atoms with E-state index in [0.717, 1.165) is 48.6 Å². The molecule has 2 aliphatic rings. The third-order valence-corrected chi connectivity index (χ3v) is 8.09. The highest BCUT2D eigenvalue weighted by atomic mass is 19.1. The summed E-state index contributed by atoms with van der Waals surface area (Å²) < 4.78 is 27.2. The van der Waals surface area contributed by atoms with Crippen molar-refractivity contribution in [2.24, 2.45) is 0 Å². The quantitative estimate of drug-likeness (QED) is 0.459. The van der Waals surface area contributed by atoms with Crippen LogP contribution in [0.3, 0.4) is 0 Å². The summed E-state index contributed by atoms with van der Waals surface area (Å²) >= 11 is 0. The highest BCUT2D eigenvalue weighted by Gasteiger charge is 2.26. The van der Waals surface area contributed by atoms with Gasteiger partial charge in [-0.15, -0.1) is 0 Å². The molecule has 9 heteroatoms. The summed E-state index contributed by atoms with van der Waals surface area (Å²) in [5.41, 5.74) is 5.98. The zero-order chi connectivity index (χ0) is 29.1. The monoisotopic (exact) mass is 554 g/mol. The zero-order valence-electron chi connectivity index (χ0n) is 23.3. The van der Waals surface area contributed by atoms with Crippen molar-refractivity contribution >= 4 is 17.3 Å². The average molecular weight is 555 g/mol. The number of rotatable bonds is 5. The maximum atomic E-state index is 13.6. The summed E-state index contributed by atoms with van der Waals surface area (Å²) in [6, 6.07) is 16.8. The van der Waals surface area contributed by atoms with Crippen molar-refractivity contribution < 1.29 is 13.6 Å². The summed E-state index contributed by atoms with van der Waals surface area (Å²) in [6.07, 6.45) is 0. The Morgan fingerprint density at radius 2 is 1.24 bits per heavy atom. The van der Waals surface area contributed by atoms with Crippen LogP contribution in [0.4, 0.5) is 20.2 Å². The first-order valence-corrected chi connectivity index (χ1v) is 13.8. The molecule has 2 heterocycles. The Balaban J connectivity index is 1.23. The summed E-state index contributed by atoms with van der Waals surface area (Å²) in [4.78, 5) is 21.9. The number of nitriles is 2. The van der Waals surface area contributed by atoms with Gasteiger partial charge in [-0.2, -0.15) is 10.5 Å². The van der Waals surface area contributed by atoms with E-state index in [1.807, 2.05) is 22.8 Å². The van der Waals surface area contributed by atoms with Crippen molar-refractivity contribution in [3.8, 4) is 12.1 Å². The fraction of sp³-hybridized carbons (Fsp3) is 0.344. The van der Waals surface area contributed by atoms with Gasteiger partial charge in [0.15, 0.2) is 0 Å². The fourth-order valence-electron chi connectivity index (χ4n) is 5.75. The molecular formula is C32H32F2N6O. The van der Waals surface area contributed by atoms with Crippen molar-refractivity contribution in [2.45, 2.75) is 20.4 Å². The number of hydrogen-bond acceptors (Lipinski definition) is 6. The molecular weight excluding hydrogens is 522 g/mol. The number of aryl methyl sites for hydroxylation is 2. The molecule has 0 aliphatic carbocycles. The number of carbonyl (C=O) groups is 1. The maximum absolute atomic E-state index is 13.6.